The average molecular weight is 280 g/mol. The normalized spacial score (nSPS) is 20.0. The third-order valence-corrected chi connectivity index (χ3v) is 3.45. The Bertz CT molecular complexity index is 476. The van der Waals surface area contributed by atoms with Gasteiger partial charge in [0, 0.05) is 38.4 Å². The summed E-state index contributed by atoms with van der Waals surface area (Å²) in [7, 11) is 1.66. The van der Waals surface area contributed by atoms with Gasteiger partial charge < -0.3 is 9.47 Å². The monoisotopic (exact) mass is 280 g/mol. The molecule has 1 fully saturated rings. The minimum Gasteiger partial charge on any atom is -0.382 e. The van der Waals surface area contributed by atoms with Crippen LogP contribution in [-0.2, 0) is 16.0 Å². The molecule has 1 aromatic carbocycles. The van der Waals surface area contributed by atoms with Crippen molar-refractivity contribution in [2.24, 2.45) is 0 Å². The third kappa shape index (κ3) is 3.75. The molecule has 1 saturated heterocycles. The lowest BCUT2D eigenvalue weighted by atomic mass is 10.1. The largest absolute Gasteiger partial charge is 0.382 e. The van der Waals surface area contributed by atoms with Crippen molar-refractivity contribution in [2.75, 3.05) is 33.4 Å². The number of rotatable bonds is 5. The molecule has 2 rings (SSSR count). The number of nitro groups is 1. The molecule has 6 heteroatoms. The molecule has 0 aliphatic carbocycles. The molecule has 1 aromatic rings. The molecular weight excluding hydrogens is 260 g/mol. The molecule has 1 heterocycles. The predicted octanol–water partition coefficient (Wildman–Crippen LogP) is 1.75. The Hall–Kier alpha value is -1.50. The first-order chi connectivity index (χ1) is 9.60. The molecule has 1 atom stereocenters. The minimum absolute atomic E-state index is 0.0779. The van der Waals surface area contributed by atoms with E-state index in [9.17, 15) is 10.1 Å². The van der Waals surface area contributed by atoms with E-state index in [1.54, 1.807) is 26.2 Å². The van der Waals surface area contributed by atoms with E-state index in [0.29, 0.717) is 25.3 Å². The summed E-state index contributed by atoms with van der Waals surface area (Å²) in [4.78, 5) is 12.9. The number of hydrogen-bond acceptors (Lipinski definition) is 5. The van der Waals surface area contributed by atoms with Crippen molar-refractivity contribution in [3.8, 4) is 0 Å². The molecule has 1 aliphatic heterocycles. The van der Waals surface area contributed by atoms with Gasteiger partial charge in [0.15, 0.2) is 0 Å². The first-order valence-corrected chi connectivity index (χ1v) is 6.67. The lowest BCUT2D eigenvalue weighted by Gasteiger charge is -2.32. The predicted molar refractivity (Wildman–Crippen MR) is 74.7 cm³/mol. The topological polar surface area (TPSA) is 64.8 Å². The smallest absolute Gasteiger partial charge is 0.272 e. The van der Waals surface area contributed by atoms with Crippen molar-refractivity contribution in [3.63, 3.8) is 0 Å². The van der Waals surface area contributed by atoms with E-state index in [0.717, 1.165) is 18.7 Å². The number of nitro benzene ring substituents is 1. The number of morpholine rings is 1. The maximum Gasteiger partial charge on any atom is 0.272 e. The zero-order chi connectivity index (χ0) is 14.5. The standard InChI is InChI=1S/C14H20N2O4/c1-11-3-4-12(7-14(11)16(17)18)8-15-5-6-20-13(9-15)10-19-2/h3-4,7,13H,5-6,8-10H2,1-2H3/t13-/m0/s1. The molecule has 0 amide bonds. The SMILES string of the molecule is COC[C@@H]1CN(Cc2ccc(C)c([N+](=O)[O-])c2)CCO1. The summed E-state index contributed by atoms with van der Waals surface area (Å²) in [6.07, 6.45) is 0.0779. The number of nitrogens with zero attached hydrogens (tertiary/aromatic N) is 2. The van der Waals surface area contributed by atoms with E-state index in [1.165, 1.54) is 0 Å². The van der Waals surface area contributed by atoms with Crippen LogP contribution in [0.4, 0.5) is 5.69 Å². The Balaban J connectivity index is 2.02. The van der Waals surface area contributed by atoms with Gasteiger partial charge >= 0.3 is 0 Å². The zero-order valence-electron chi connectivity index (χ0n) is 11.9. The van der Waals surface area contributed by atoms with Crippen LogP contribution in [0.5, 0.6) is 0 Å². The van der Waals surface area contributed by atoms with Crippen molar-refractivity contribution < 1.29 is 14.4 Å². The van der Waals surface area contributed by atoms with Crippen LogP contribution in [-0.4, -0.2) is 49.3 Å². The van der Waals surface area contributed by atoms with E-state index in [-0.39, 0.29) is 16.7 Å². The van der Waals surface area contributed by atoms with Gasteiger partial charge in [0.2, 0.25) is 0 Å². The quantitative estimate of drug-likeness (QED) is 0.607. The number of hydrogen-bond donors (Lipinski definition) is 0. The van der Waals surface area contributed by atoms with Gasteiger partial charge in [-0.2, -0.15) is 0 Å². The third-order valence-electron chi connectivity index (χ3n) is 3.45. The van der Waals surface area contributed by atoms with Gasteiger partial charge in [-0.15, -0.1) is 0 Å². The van der Waals surface area contributed by atoms with E-state index < -0.39 is 0 Å². The fraction of sp³-hybridized carbons (Fsp3) is 0.571. The Labute approximate surface area is 118 Å². The Morgan fingerprint density at radius 2 is 2.35 bits per heavy atom. The first kappa shape index (κ1) is 14.9. The van der Waals surface area contributed by atoms with Crippen molar-refractivity contribution in [1.82, 2.24) is 4.90 Å². The van der Waals surface area contributed by atoms with Crippen LogP contribution in [0.15, 0.2) is 18.2 Å². The highest BCUT2D eigenvalue weighted by Crippen LogP contribution is 2.20. The van der Waals surface area contributed by atoms with Gasteiger partial charge in [0.1, 0.15) is 0 Å². The van der Waals surface area contributed by atoms with Crippen LogP contribution in [0.1, 0.15) is 11.1 Å². The Morgan fingerprint density at radius 1 is 1.55 bits per heavy atom. The number of aryl methyl sites for hydroxylation is 1. The molecule has 0 aromatic heterocycles. The van der Waals surface area contributed by atoms with Gasteiger partial charge in [-0.25, -0.2) is 0 Å². The molecule has 6 nitrogen and oxygen atoms in total. The number of benzene rings is 1. The maximum absolute atomic E-state index is 11.0. The summed E-state index contributed by atoms with van der Waals surface area (Å²) in [5.74, 6) is 0. The summed E-state index contributed by atoms with van der Waals surface area (Å²) in [6.45, 7) is 5.32. The molecule has 0 unspecified atom stereocenters. The fourth-order valence-electron chi connectivity index (χ4n) is 2.42. The maximum atomic E-state index is 11.0. The van der Waals surface area contributed by atoms with E-state index >= 15 is 0 Å². The Kier molecular flexibility index (Phi) is 5.05. The number of ether oxygens (including phenoxy) is 2. The van der Waals surface area contributed by atoms with Crippen LogP contribution >= 0.6 is 0 Å². The summed E-state index contributed by atoms with van der Waals surface area (Å²) in [6, 6.07) is 5.42. The number of methoxy groups -OCH3 is 1. The van der Waals surface area contributed by atoms with Crippen molar-refractivity contribution >= 4 is 5.69 Å². The van der Waals surface area contributed by atoms with E-state index in [2.05, 4.69) is 4.90 Å². The highest BCUT2D eigenvalue weighted by Gasteiger charge is 2.21. The van der Waals surface area contributed by atoms with Crippen LogP contribution in [0.3, 0.4) is 0 Å². The molecular formula is C14H20N2O4. The molecule has 0 saturated carbocycles. The van der Waals surface area contributed by atoms with Crippen molar-refractivity contribution in [3.05, 3.63) is 39.4 Å². The van der Waals surface area contributed by atoms with Crippen molar-refractivity contribution in [2.45, 2.75) is 19.6 Å². The fourth-order valence-corrected chi connectivity index (χ4v) is 2.42. The second kappa shape index (κ2) is 6.78. The van der Waals surface area contributed by atoms with Crippen LogP contribution in [0.2, 0.25) is 0 Å². The highest BCUT2D eigenvalue weighted by atomic mass is 16.6. The first-order valence-electron chi connectivity index (χ1n) is 6.67. The second-order valence-electron chi connectivity index (χ2n) is 5.06. The van der Waals surface area contributed by atoms with Gasteiger partial charge in [-0.05, 0) is 12.5 Å². The zero-order valence-corrected chi connectivity index (χ0v) is 11.9. The second-order valence-corrected chi connectivity index (χ2v) is 5.06. The van der Waals surface area contributed by atoms with Crippen LogP contribution < -0.4 is 0 Å². The van der Waals surface area contributed by atoms with Gasteiger partial charge in [0.25, 0.3) is 5.69 Å². The molecule has 110 valence electrons. The summed E-state index contributed by atoms with van der Waals surface area (Å²) in [5.41, 5.74) is 1.84. The summed E-state index contributed by atoms with van der Waals surface area (Å²) >= 11 is 0. The molecule has 1 aliphatic rings. The Morgan fingerprint density at radius 3 is 3.05 bits per heavy atom. The average Bonchev–Trinajstić information content (AvgIpc) is 2.41. The molecule has 0 radical (unpaired) electrons. The molecule has 0 spiro atoms. The van der Waals surface area contributed by atoms with Crippen molar-refractivity contribution in [1.29, 1.82) is 0 Å². The molecule has 0 bridgehead atoms. The summed E-state index contributed by atoms with van der Waals surface area (Å²) in [5, 5.41) is 11.0. The highest BCUT2D eigenvalue weighted by molar-refractivity contribution is 5.42. The minimum atomic E-state index is -0.328. The van der Waals surface area contributed by atoms with Gasteiger partial charge in [-0.3, -0.25) is 15.0 Å². The van der Waals surface area contributed by atoms with Gasteiger partial charge in [0.05, 0.1) is 24.2 Å². The van der Waals surface area contributed by atoms with Gasteiger partial charge in [-0.1, -0.05) is 12.1 Å². The van der Waals surface area contributed by atoms with Crippen LogP contribution in [0, 0.1) is 17.0 Å². The molecule has 0 N–H and O–H groups in total. The lowest BCUT2D eigenvalue weighted by molar-refractivity contribution is -0.385. The summed E-state index contributed by atoms with van der Waals surface area (Å²) < 4.78 is 10.7. The van der Waals surface area contributed by atoms with E-state index in [1.807, 2.05) is 6.07 Å². The van der Waals surface area contributed by atoms with Crippen LogP contribution in [0.25, 0.3) is 0 Å². The van der Waals surface area contributed by atoms with E-state index in [4.69, 9.17) is 9.47 Å². The molecule has 20 heavy (non-hydrogen) atoms. The lowest BCUT2D eigenvalue weighted by Crippen LogP contribution is -2.43.